The van der Waals surface area contributed by atoms with Crippen molar-refractivity contribution in [3.63, 3.8) is 0 Å². The third kappa shape index (κ3) is 1.03. The van der Waals surface area contributed by atoms with Crippen molar-refractivity contribution in [3.8, 4) is 0 Å². The van der Waals surface area contributed by atoms with Gasteiger partial charge in [0.15, 0.2) is 0 Å². The van der Waals surface area contributed by atoms with Crippen molar-refractivity contribution in [1.29, 1.82) is 0 Å². The van der Waals surface area contributed by atoms with Gasteiger partial charge in [-0.05, 0) is 6.92 Å². The van der Waals surface area contributed by atoms with Crippen molar-refractivity contribution >= 4 is 11.7 Å². The molecule has 0 spiro atoms. The molecule has 6 heteroatoms. The van der Waals surface area contributed by atoms with E-state index >= 15 is 0 Å². The van der Waals surface area contributed by atoms with E-state index in [2.05, 4.69) is 15.1 Å². The number of fused-ring (bicyclic) bond motifs is 1. The number of rotatable bonds is 1. The number of aryl methyl sites for hydroxylation is 1. The standard InChI is InChI=1S/C7H7N5O/c1-4-5(6(8)13)2-9-7-10-3-11-12(4)7/h2-3H,1H3,(H2,8,13). The van der Waals surface area contributed by atoms with Gasteiger partial charge in [-0.2, -0.15) is 10.1 Å². The minimum atomic E-state index is -0.512. The summed E-state index contributed by atoms with van der Waals surface area (Å²) in [7, 11) is 0. The Bertz CT molecular complexity index is 475. The summed E-state index contributed by atoms with van der Waals surface area (Å²) in [4.78, 5) is 18.7. The van der Waals surface area contributed by atoms with Gasteiger partial charge in [0.1, 0.15) is 6.33 Å². The number of hydrogen-bond acceptors (Lipinski definition) is 4. The third-order valence-corrected chi connectivity index (χ3v) is 1.81. The molecule has 0 atom stereocenters. The minimum Gasteiger partial charge on any atom is -0.365 e. The quantitative estimate of drug-likeness (QED) is 0.638. The second-order valence-corrected chi connectivity index (χ2v) is 2.59. The lowest BCUT2D eigenvalue weighted by Crippen LogP contribution is -2.15. The summed E-state index contributed by atoms with van der Waals surface area (Å²) in [5, 5.41) is 3.90. The van der Waals surface area contributed by atoms with E-state index in [1.807, 2.05) is 0 Å². The third-order valence-electron chi connectivity index (χ3n) is 1.81. The molecule has 2 rings (SSSR count). The van der Waals surface area contributed by atoms with Crippen LogP contribution in [0.15, 0.2) is 12.5 Å². The number of carbonyl (C=O) groups excluding carboxylic acids is 1. The first-order valence-electron chi connectivity index (χ1n) is 3.65. The predicted octanol–water partition coefficient (Wildman–Crippen LogP) is -0.468. The van der Waals surface area contributed by atoms with Gasteiger partial charge in [-0.15, -0.1) is 0 Å². The van der Waals surface area contributed by atoms with Crippen LogP contribution in [0.1, 0.15) is 16.1 Å². The van der Waals surface area contributed by atoms with Gasteiger partial charge in [-0.25, -0.2) is 9.50 Å². The molecule has 2 heterocycles. The summed E-state index contributed by atoms with van der Waals surface area (Å²) in [5.41, 5.74) is 6.14. The van der Waals surface area contributed by atoms with Crippen molar-refractivity contribution in [3.05, 3.63) is 23.8 Å². The summed E-state index contributed by atoms with van der Waals surface area (Å²) in [5.74, 6) is -0.0510. The molecule has 2 aromatic heterocycles. The van der Waals surface area contributed by atoms with Gasteiger partial charge in [0.2, 0.25) is 0 Å². The summed E-state index contributed by atoms with van der Waals surface area (Å²) in [6.07, 6.45) is 2.78. The van der Waals surface area contributed by atoms with Crippen molar-refractivity contribution in [2.24, 2.45) is 5.73 Å². The van der Waals surface area contributed by atoms with Crippen LogP contribution in [0.5, 0.6) is 0 Å². The maximum atomic E-state index is 10.9. The van der Waals surface area contributed by atoms with E-state index in [9.17, 15) is 4.79 Å². The van der Waals surface area contributed by atoms with E-state index in [4.69, 9.17) is 5.73 Å². The van der Waals surface area contributed by atoms with Gasteiger partial charge < -0.3 is 5.73 Å². The summed E-state index contributed by atoms with van der Waals surface area (Å²) in [6, 6.07) is 0. The molecule has 0 bridgehead atoms. The molecule has 2 aromatic rings. The fraction of sp³-hybridized carbons (Fsp3) is 0.143. The van der Waals surface area contributed by atoms with E-state index in [1.54, 1.807) is 6.92 Å². The van der Waals surface area contributed by atoms with Crippen molar-refractivity contribution in [2.45, 2.75) is 6.92 Å². The molecule has 0 aromatic carbocycles. The van der Waals surface area contributed by atoms with Crippen LogP contribution in [-0.2, 0) is 0 Å². The first-order valence-corrected chi connectivity index (χ1v) is 3.65. The molecule has 1 amide bonds. The number of nitrogens with two attached hydrogens (primary N) is 1. The van der Waals surface area contributed by atoms with E-state index in [0.29, 0.717) is 17.0 Å². The molecular formula is C7H7N5O. The Kier molecular flexibility index (Phi) is 1.48. The molecule has 2 N–H and O–H groups in total. The second kappa shape index (κ2) is 2.51. The largest absolute Gasteiger partial charge is 0.365 e. The molecule has 0 unspecified atom stereocenters. The smallest absolute Gasteiger partial charge is 0.252 e. The number of nitrogens with zero attached hydrogens (tertiary/aromatic N) is 4. The highest BCUT2D eigenvalue weighted by molar-refractivity contribution is 5.93. The lowest BCUT2D eigenvalue weighted by atomic mass is 10.2. The lowest BCUT2D eigenvalue weighted by Gasteiger charge is -2.01. The number of carbonyl (C=O) groups is 1. The van der Waals surface area contributed by atoms with Gasteiger partial charge in [0.05, 0.1) is 11.3 Å². The Balaban J connectivity index is 2.80. The Labute approximate surface area is 73.4 Å². The molecule has 0 radical (unpaired) electrons. The van der Waals surface area contributed by atoms with Crippen molar-refractivity contribution < 1.29 is 4.79 Å². The first kappa shape index (κ1) is 7.66. The van der Waals surface area contributed by atoms with Crippen LogP contribution in [0, 0.1) is 6.92 Å². The molecule has 0 aliphatic rings. The molecule has 0 aliphatic carbocycles. The zero-order valence-corrected chi connectivity index (χ0v) is 6.93. The SMILES string of the molecule is Cc1c(C(N)=O)cnc2ncnn12. The molecule has 66 valence electrons. The number of hydrogen-bond donors (Lipinski definition) is 1. The fourth-order valence-electron chi connectivity index (χ4n) is 1.13. The summed E-state index contributed by atoms with van der Waals surface area (Å²) in [6.45, 7) is 1.74. The molecular weight excluding hydrogens is 170 g/mol. The van der Waals surface area contributed by atoms with E-state index in [-0.39, 0.29) is 0 Å². The second-order valence-electron chi connectivity index (χ2n) is 2.59. The maximum Gasteiger partial charge on any atom is 0.252 e. The fourth-order valence-corrected chi connectivity index (χ4v) is 1.13. The minimum absolute atomic E-state index is 0.359. The van der Waals surface area contributed by atoms with Gasteiger partial charge >= 0.3 is 0 Å². The highest BCUT2D eigenvalue weighted by atomic mass is 16.1. The van der Waals surface area contributed by atoms with Crippen molar-refractivity contribution in [2.75, 3.05) is 0 Å². The molecule has 13 heavy (non-hydrogen) atoms. The van der Waals surface area contributed by atoms with Gasteiger partial charge in [-0.3, -0.25) is 4.79 Å². The first-order chi connectivity index (χ1) is 6.20. The highest BCUT2D eigenvalue weighted by Crippen LogP contribution is 2.05. The van der Waals surface area contributed by atoms with Crippen LogP contribution in [0.25, 0.3) is 5.78 Å². The summed E-state index contributed by atoms with van der Waals surface area (Å²) < 4.78 is 1.47. The molecule has 0 fully saturated rings. The average molecular weight is 177 g/mol. The van der Waals surface area contributed by atoms with Crippen LogP contribution in [0.3, 0.4) is 0 Å². The molecule has 0 saturated carbocycles. The van der Waals surface area contributed by atoms with Crippen LogP contribution in [0.2, 0.25) is 0 Å². The van der Waals surface area contributed by atoms with Crippen LogP contribution < -0.4 is 5.73 Å². The number of amides is 1. The number of primary amides is 1. The normalized spacial score (nSPS) is 10.5. The van der Waals surface area contributed by atoms with Crippen molar-refractivity contribution in [1.82, 2.24) is 19.6 Å². The topological polar surface area (TPSA) is 86.2 Å². The molecule has 0 saturated heterocycles. The zero-order chi connectivity index (χ0) is 9.42. The van der Waals surface area contributed by atoms with E-state index in [0.717, 1.165) is 0 Å². The number of aromatic nitrogens is 4. The highest BCUT2D eigenvalue weighted by Gasteiger charge is 2.09. The van der Waals surface area contributed by atoms with E-state index < -0.39 is 5.91 Å². The van der Waals surface area contributed by atoms with Crippen LogP contribution >= 0.6 is 0 Å². The van der Waals surface area contributed by atoms with Gasteiger partial charge in [0.25, 0.3) is 11.7 Å². The lowest BCUT2D eigenvalue weighted by molar-refractivity contribution is 0.0998. The van der Waals surface area contributed by atoms with Crippen LogP contribution in [0.4, 0.5) is 0 Å². The maximum absolute atomic E-state index is 10.9. The summed E-state index contributed by atoms with van der Waals surface area (Å²) >= 11 is 0. The van der Waals surface area contributed by atoms with E-state index in [1.165, 1.54) is 17.0 Å². The van der Waals surface area contributed by atoms with Crippen LogP contribution in [-0.4, -0.2) is 25.5 Å². The predicted molar refractivity (Wildman–Crippen MR) is 44.0 cm³/mol. The average Bonchev–Trinajstić information content (AvgIpc) is 2.52. The van der Waals surface area contributed by atoms with Gasteiger partial charge in [0, 0.05) is 6.20 Å². The van der Waals surface area contributed by atoms with Gasteiger partial charge in [-0.1, -0.05) is 0 Å². The molecule has 6 nitrogen and oxygen atoms in total. The Morgan fingerprint density at radius 1 is 1.54 bits per heavy atom. The monoisotopic (exact) mass is 177 g/mol. The zero-order valence-electron chi connectivity index (χ0n) is 6.93. The Hall–Kier alpha value is -1.98. The Morgan fingerprint density at radius 2 is 2.31 bits per heavy atom. The molecule has 0 aliphatic heterocycles. The Morgan fingerprint density at radius 3 is 3.00 bits per heavy atom.